The lowest BCUT2D eigenvalue weighted by Crippen LogP contribution is -2.40. The number of ether oxygens (including phenoxy) is 1. The molecule has 1 saturated heterocycles. The van der Waals surface area contributed by atoms with Crippen molar-refractivity contribution in [1.82, 2.24) is 5.32 Å². The first-order valence-corrected chi connectivity index (χ1v) is 5.15. The summed E-state index contributed by atoms with van der Waals surface area (Å²) in [4.78, 5) is 0. The summed E-state index contributed by atoms with van der Waals surface area (Å²) in [5.74, 6) is 0.778. The van der Waals surface area contributed by atoms with E-state index in [-0.39, 0.29) is 0 Å². The minimum absolute atomic E-state index is 0.350. The van der Waals surface area contributed by atoms with E-state index < -0.39 is 0 Å². The number of hydrogen-bond acceptors (Lipinski definition) is 3. The molecular formula is C10H22N2O. The monoisotopic (exact) mass is 186 g/mol. The fourth-order valence-corrected chi connectivity index (χ4v) is 2.02. The molecule has 0 aromatic heterocycles. The van der Waals surface area contributed by atoms with Crippen LogP contribution in [0.25, 0.3) is 0 Å². The molecule has 0 spiro atoms. The van der Waals surface area contributed by atoms with E-state index in [2.05, 4.69) is 19.2 Å². The van der Waals surface area contributed by atoms with Crippen LogP contribution in [0.4, 0.5) is 0 Å². The predicted molar refractivity (Wildman–Crippen MR) is 54.4 cm³/mol. The lowest BCUT2D eigenvalue weighted by atomic mass is 9.74. The summed E-state index contributed by atoms with van der Waals surface area (Å²) < 4.78 is 5.35. The molecule has 0 radical (unpaired) electrons. The quantitative estimate of drug-likeness (QED) is 0.642. The van der Waals surface area contributed by atoms with Gasteiger partial charge in [0.05, 0.1) is 0 Å². The van der Waals surface area contributed by atoms with Gasteiger partial charge in [0.15, 0.2) is 0 Å². The fourth-order valence-electron chi connectivity index (χ4n) is 2.02. The third kappa shape index (κ3) is 3.25. The highest BCUT2D eigenvalue weighted by molar-refractivity contribution is 4.81. The fraction of sp³-hybridized carbons (Fsp3) is 1.00. The molecule has 0 aromatic carbocycles. The van der Waals surface area contributed by atoms with Crippen LogP contribution in [0.2, 0.25) is 0 Å². The topological polar surface area (TPSA) is 47.3 Å². The Bertz CT molecular complexity index is 142. The Morgan fingerprint density at radius 3 is 2.54 bits per heavy atom. The maximum absolute atomic E-state index is 5.43. The van der Waals surface area contributed by atoms with Crippen molar-refractivity contribution in [3.8, 4) is 0 Å². The van der Waals surface area contributed by atoms with Gasteiger partial charge >= 0.3 is 0 Å². The first kappa shape index (κ1) is 11.0. The van der Waals surface area contributed by atoms with Crippen LogP contribution in [0, 0.1) is 11.3 Å². The molecule has 1 rings (SSSR count). The number of nitrogens with one attached hydrogen (secondary N) is 1. The zero-order valence-corrected chi connectivity index (χ0v) is 8.81. The Morgan fingerprint density at radius 2 is 2.00 bits per heavy atom. The van der Waals surface area contributed by atoms with E-state index in [0.717, 1.165) is 25.7 Å². The summed E-state index contributed by atoms with van der Waals surface area (Å²) in [6.07, 6.45) is 2.39. The zero-order valence-electron chi connectivity index (χ0n) is 8.81. The molecule has 1 fully saturated rings. The smallest absolute Gasteiger partial charge is 0.0468 e. The predicted octanol–water partition coefficient (Wildman–Crippen LogP) is 0.945. The van der Waals surface area contributed by atoms with Gasteiger partial charge in [-0.15, -0.1) is 0 Å². The molecule has 0 aromatic rings. The van der Waals surface area contributed by atoms with Crippen molar-refractivity contribution < 1.29 is 4.74 Å². The van der Waals surface area contributed by atoms with Crippen molar-refractivity contribution in [3.05, 3.63) is 0 Å². The molecule has 0 unspecified atom stereocenters. The van der Waals surface area contributed by atoms with Crippen molar-refractivity contribution in [3.63, 3.8) is 0 Å². The molecule has 0 aliphatic carbocycles. The van der Waals surface area contributed by atoms with Gasteiger partial charge in [-0.3, -0.25) is 0 Å². The molecular weight excluding hydrogens is 164 g/mol. The SMILES string of the molecule is CC(C)(CNCN)C1CCOCC1. The van der Waals surface area contributed by atoms with Crippen molar-refractivity contribution >= 4 is 0 Å². The second-order valence-electron chi connectivity index (χ2n) is 4.51. The van der Waals surface area contributed by atoms with Crippen LogP contribution in [0.15, 0.2) is 0 Å². The summed E-state index contributed by atoms with van der Waals surface area (Å²) in [6.45, 7) is 8.06. The highest BCUT2D eigenvalue weighted by Crippen LogP contribution is 2.33. The molecule has 0 saturated carbocycles. The Morgan fingerprint density at radius 1 is 1.38 bits per heavy atom. The van der Waals surface area contributed by atoms with Crippen LogP contribution in [0.3, 0.4) is 0 Å². The van der Waals surface area contributed by atoms with Gasteiger partial charge in [0.1, 0.15) is 0 Å². The van der Waals surface area contributed by atoms with Gasteiger partial charge < -0.3 is 15.8 Å². The van der Waals surface area contributed by atoms with Gasteiger partial charge in [0.2, 0.25) is 0 Å². The van der Waals surface area contributed by atoms with Gasteiger partial charge in [-0.25, -0.2) is 0 Å². The average molecular weight is 186 g/mol. The molecule has 3 nitrogen and oxygen atoms in total. The summed E-state index contributed by atoms with van der Waals surface area (Å²) in [6, 6.07) is 0. The molecule has 0 bridgehead atoms. The van der Waals surface area contributed by atoms with Crippen LogP contribution in [-0.2, 0) is 4.74 Å². The van der Waals surface area contributed by atoms with Crippen LogP contribution in [0.1, 0.15) is 26.7 Å². The van der Waals surface area contributed by atoms with Crippen molar-refractivity contribution in [2.24, 2.45) is 17.1 Å². The second-order valence-corrected chi connectivity index (χ2v) is 4.51. The second kappa shape index (κ2) is 4.94. The minimum atomic E-state index is 0.350. The standard InChI is InChI=1S/C10H22N2O/c1-10(2,7-12-8-11)9-3-5-13-6-4-9/h9,12H,3-8,11H2,1-2H3. The summed E-state index contributed by atoms with van der Waals surface area (Å²) in [5, 5.41) is 3.22. The average Bonchev–Trinajstić information content (AvgIpc) is 2.16. The third-order valence-electron chi connectivity index (χ3n) is 3.05. The van der Waals surface area contributed by atoms with Crippen LogP contribution < -0.4 is 11.1 Å². The van der Waals surface area contributed by atoms with Crippen molar-refractivity contribution in [2.45, 2.75) is 26.7 Å². The maximum atomic E-state index is 5.43. The van der Waals surface area contributed by atoms with Gasteiger partial charge in [0.25, 0.3) is 0 Å². The summed E-state index contributed by atoms with van der Waals surface area (Å²) >= 11 is 0. The zero-order chi connectivity index (χ0) is 9.73. The molecule has 0 atom stereocenters. The van der Waals surface area contributed by atoms with E-state index in [1.807, 2.05) is 0 Å². The third-order valence-corrected chi connectivity index (χ3v) is 3.05. The molecule has 3 heteroatoms. The first-order chi connectivity index (χ1) is 6.17. The summed E-state index contributed by atoms with van der Waals surface area (Å²) in [7, 11) is 0. The van der Waals surface area contributed by atoms with Gasteiger partial charge in [0, 0.05) is 26.4 Å². The van der Waals surface area contributed by atoms with Crippen LogP contribution in [-0.4, -0.2) is 26.4 Å². The van der Waals surface area contributed by atoms with Gasteiger partial charge in [-0.2, -0.15) is 0 Å². The summed E-state index contributed by atoms with van der Waals surface area (Å²) in [5.41, 5.74) is 5.78. The molecule has 1 aliphatic rings. The first-order valence-electron chi connectivity index (χ1n) is 5.15. The van der Waals surface area contributed by atoms with Crippen LogP contribution >= 0.6 is 0 Å². The van der Waals surface area contributed by atoms with Crippen LogP contribution in [0.5, 0.6) is 0 Å². The molecule has 0 amide bonds. The van der Waals surface area contributed by atoms with E-state index in [0.29, 0.717) is 12.1 Å². The lowest BCUT2D eigenvalue weighted by molar-refractivity contribution is 0.0229. The van der Waals surface area contributed by atoms with E-state index in [9.17, 15) is 0 Å². The molecule has 13 heavy (non-hydrogen) atoms. The Balaban J connectivity index is 2.36. The number of hydrogen-bond donors (Lipinski definition) is 2. The minimum Gasteiger partial charge on any atom is -0.381 e. The van der Waals surface area contributed by atoms with Gasteiger partial charge in [-0.05, 0) is 24.2 Å². The highest BCUT2D eigenvalue weighted by Gasteiger charge is 2.30. The van der Waals surface area contributed by atoms with Crippen molar-refractivity contribution in [1.29, 1.82) is 0 Å². The largest absolute Gasteiger partial charge is 0.381 e. The number of rotatable bonds is 4. The van der Waals surface area contributed by atoms with E-state index in [1.165, 1.54) is 12.8 Å². The molecule has 1 heterocycles. The van der Waals surface area contributed by atoms with Gasteiger partial charge in [-0.1, -0.05) is 13.8 Å². The van der Waals surface area contributed by atoms with E-state index >= 15 is 0 Å². The van der Waals surface area contributed by atoms with E-state index in [4.69, 9.17) is 10.5 Å². The molecule has 78 valence electrons. The molecule has 1 aliphatic heterocycles. The maximum Gasteiger partial charge on any atom is 0.0468 e. The Labute approximate surface area is 81.0 Å². The Hall–Kier alpha value is -0.120. The normalized spacial score (nSPS) is 20.5. The van der Waals surface area contributed by atoms with Crippen molar-refractivity contribution in [2.75, 3.05) is 26.4 Å². The highest BCUT2D eigenvalue weighted by atomic mass is 16.5. The Kier molecular flexibility index (Phi) is 4.16. The molecule has 3 N–H and O–H groups in total. The van der Waals surface area contributed by atoms with E-state index in [1.54, 1.807) is 0 Å². The number of nitrogens with two attached hydrogens (primary N) is 1. The lowest BCUT2D eigenvalue weighted by Gasteiger charge is -2.37.